The van der Waals surface area contributed by atoms with E-state index in [1.165, 1.54) is 17.3 Å². The number of carbonyl (C=O) groups excluding carboxylic acids is 1. The van der Waals surface area contributed by atoms with Crippen LogP contribution in [0.25, 0.3) is 6.08 Å². The van der Waals surface area contributed by atoms with Gasteiger partial charge in [-0.3, -0.25) is 9.69 Å². The predicted octanol–water partition coefficient (Wildman–Crippen LogP) is 5.36. The number of ether oxygens (including phenoxy) is 2. The Morgan fingerprint density at radius 2 is 1.97 bits per heavy atom. The van der Waals surface area contributed by atoms with Crippen LogP contribution in [0.3, 0.4) is 0 Å². The molecule has 0 atom stereocenters. The lowest BCUT2D eigenvalue weighted by molar-refractivity contribution is -0.121. The molecule has 0 aromatic heterocycles. The molecule has 29 heavy (non-hydrogen) atoms. The molecule has 3 rings (SSSR count). The summed E-state index contributed by atoms with van der Waals surface area (Å²) in [5.41, 5.74) is 3.17. The van der Waals surface area contributed by atoms with Crippen molar-refractivity contribution in [3.05, 3.63) is 76.7 Å². The average molecular weight is 426 g/mol. The van der Waals surface area contributed by atoms with E-state index in [-0.39, 0.29) is 5.91 Å². The molecule has 1 aliphatic heterocycles. The number of nitrogens with zero attached hydrogens (tertiary/aromatic N) is 1. The fourth-order valence-electron chi connectivity index (χ4n) is 2.87. The molecule has 0 spiro atoms. The van der Waals surface area contributed by atoms with E-state index in [0.717, 1.165) is 11.1 Å². The van der Waals surface area contributed by atoms with E-state index in [0.29, 0.717) is 40.5 Å². The Morgan fingerprint density at radius 3 is 2.69 bits per heavy atom. The summed E-state index contributed by atoms with van der Waals surface area (Å²) in [6, 6.07) is 13.8. The van der Waals surface area contributed by atoms with Gasteiger partial charge in [0, 0.05) is 6.54 Å². The SMILES string of the molecule is C=CCN1C(=O)C(=Cc2ccc(OCc3ccccc3C)c(OCC)c2)SC1=S. The van der Waals surface area contributed by atoms with Crippen LogP contribution in [0, 0.1) is 6.92 Å². The first-order valence-corrected chi connectivity index (χ1v) is 10.6. The molecule has 1 fully saturated rings. The molecule has 2 aromatic rings. The fourth-order valence-corrected chi connectivity index (χ4v) is 4.14. The number of amides is 1. The molecule has 6 heteroatoms. The number of carbonyl (C=O) groups is 1. The van der Waals surface area contributed by atoms with E-state index in [2.05, 4.69) is 25.6 Å². The minimum absolute atomic E-state index is 0.0993. The summed E-state index contributed by atoms with van der Waals surface area (Å²) in [7, 11) is 0. The van der Waals surface area contributed by atoms with E-state index in [9.17, 15) is 4.79 Å². The average Bonchev–Trinajstić information content (AvgIpc) is 2.96. The van der Waals surface area contributed by atoms with Crippen LogP contribution >= 0.6 is 24.0 Å². The third kappa shape index (κ3) is 5.08. The molecule has 0 unspecified atom stereocenters. The number of benzene rings is 2. The van der Waals surface area contributed by atoms with Gasteiger partial charge in [-0.1, -0.05) is 60.4 Å². The lowest BCUT2D eigenvalue weighted by Crippen LogP contribution is -2.27. The van der Waals surface area contributed by atoms with Gasteiger partial charge in [-0.05, 0) is 48.7 Å². The van der Waals surface area contributed by atoms with Crippen molar-refractivity contribution in [3.63, 3.8) is 0 Å². The van der Waals surface area contributed by atoms with Crippen molar-refractivity contribution < 1.29 is 14.3 Å². The van der Waals surface area contributed by atoms with Gasteiger partial charge < -0.3 is 9.47 Å². The van der Waals surface area contributed by atoms with E-state index in [1.54, 1.807) is 11.0 Å². The summed E-state index contributed by atoms with van der Waals surface area (Å²) >= 11 is 6.59. The van der Waals surface area contributed by atoms with E-state index >= 15 is 0 Å². The molecular formula is C23H23NO3S2. The Balaban J connectivity index is 1.81. The third-order valence-electron chi connectivity index (χ3n) is 4.40. The highest BCUT2D eigenvalue weighted by Crippen LogP contribution is 2.35. The van der Waals surface area contributed by atoms with Crippen LogP contribution < -0.4 is 9.47 Å². The van der Waals surface area contributed by atoms with E-state index < -0.39 is 0 Å². The number of thiocarbonyl (C=S) groups is 1. The van der Waals surface area contributed by atoms with Gasteiger partial charge in [0.2, 0.25) is 0 Å². The first kappa shape index (κ1) is 21.1. The van der Waals surface area contributed by atoms with Gasteiger partial charge in [0.25, 0.3) is 5.91 Å². The normalized spacial score (nSPS) is 15.1. The molecule has 0 radical (unpaired) electrons. The molecule has 150 valence electrons. The van der Waals surface area contributed by atoms with Crippen LogP contribution in [0.4, 0.5) is 0 Å². The maximum atomic E-state index is 12.5. The lowest BCUT2D eigenvalue weighted by Gasteiger charge is -2.14. The number of rotatable bonds is 8. The minimum Gasteiger partial charge on any atom is -0.490 e. The van der Waals surface area contributed by atoms with Gasteiger partial charge >= 0.3 is 0 Å². The van der Waals surface area contributed by atoms with E-state index in [1.807, 2.05) is 43.3 Å². The Bertz CT molecular complexity index is 968. The van der Waals surface area contributed by atoms with Crippen LogP contribution in [0.5, 0.6) is 11.5 Å². The Hall–Kier alpha value is -2.57. The zero-order valence-electron chi connectivity index (χ0n) is 16.5. The molecule has 0 bridgehead atoms. The predicted molar refractivity (Wildman–Crippen MR) is 123 cm³/mol. The third-order valence-corrected chi connectivity index (χ3v) is 5.77. The highest BCUT2D eigenvalue weighted by Gasteiger charge is 2.31. The molecule has 2 aromatic carbocycles. The van der Waals surface area contributed by atoms with Crippen molar-refractivity contribution in [1.29, 1.82) is 0 Å². The lowest BCUT2D eigenvalue weighted by atomic mass is 10.1. The van der Waals surface area contributed by atoms with Gasteiger partial charge in [-0.15, -0.1) is 6.58 Å². The van der Waals surface area contributed by atoms with Gasteiger partial charge in [-0.2, -0.15) is 0 Å². The standard InChI is InChI=1S/C23H23NO3S2/c1-4-12-24-22(25)21(29-23(24)28)14-17-10-11-19(20(13-17)26-5-2)27-15-18-9-7-6-8-16(18)3/h4,6-11,13-14H,1,5,12,15H2,2-3H3. The molecule has 4 nitrogen and oxygen atoms in total. The zero-order chi connectivity index (χ0) is 20.8. The summed E-state index contributed by atoms with van der Waals surface area (Å²) in [5.74, 6) is 1.22. The summed E-state index contributed by atoms with van der Waals surface area (Å²) in [6.45, 7) is 9.07. The fraction of sp³-hybridized carbons (Fsp3) is 0.217. The zero-order valence-corrected chi connectivity index (χ0v) is 18.1. The largest absolute Gasteiger partial charge is 0.490 e. The Kier molecular flexibility index (Phi) is 7.12. The number of aryl methyl sites for hydroxylation is 1. The highest BCUT2D eigenvalue weighted by atomic mass is 32.2. The van der Waals surface area contributed by atoms with Crippen molar-refractivity contribution in [2.45, 2.75) is 20.5 Å². The summed E-state index contributed by atoms with van der Waals surface area (Å²) in [4.78, 5) is 14.7. The second-order valence-corrected chi connectivity index (χ2v) is 8.11. The molecule has 1 saturated heterocycles. The quantitative estimate of drug-likeness (QED) is 0.323. The van der Waals surface area contributed by atoms with E-state index in [4.69, 9.17) is 21.7 Å². The monoisotopic (exact) mass is 425 g/mol. The second-order valence-electron chi connectivity index (χ2n) is 6.44. The molecule has 1 heterocycles. The first-order valence-electron chi connectivity index (χ1n) is 9.34. The Morgan fingerprint density at radius 1 is 1.17 bits per heavy atom. The van der Waals surface area contributed by atoms with Crippen LogP contribution in [0.1, 0.15) is 23.6 Å². The molecule has 0 aliphatic carbocycles. The molecule has 1 aliphatic rings. The van der Waals surface area contributed by atoms with Crippen molar-refractivity contribution in [2.75, 3.05) is 13.2 Å². The van der Waals surface area contributed by atoms with Crippen LogP contribution in [-0.4, -0.2) is 28.3 Å². The molecule has 0 N–H and O–H groups in total. The van der Waals surface area contributed by atoms with Gasteiger partial charge in [-0.25, -0.2) is 0 Å². The van der Waals surface area contributed by atoms with Crippen LogP contribution in [-0.2, 0) is 11.4 Å². The summed E-state index contributed by atoms with van der Waals surface area (Å²) in [5, 5.41) is 0. The number of thioether (sulfide) groups is 1. The molecule has 1 amide bonds. The smallest absolute Gasteiger partial charge is 0.266 e. The first-order chi connectivity index (χ1) is 14.0. The van der Waals surface area contributed by atoms with Crippen LogP contribution in [0.2, 0.25) is 0 Å². The van der Waals surface area contributed by atoms with Crippen molar-refractivity contribution >= 4 is 40.3 Å². The molecule has 0 saturated carbocycles. The summed E-state index contributed by atoms with van der Waals surface area (Å²) < 4.78 is 12.3. The minimum atomic E-state index is -0.0993. The maximum Gasteiger partial charge on any atom is 0.266 e. The van der Waals surface area contributed by atoms with Gasteiger partial charge in [0.05, 0.1) is 11.5 Å². The summed E-state index contributed by atoms with van der Waals surface area (Å²) in [6.07, 6.45) is 3.50. The topological polar surface area (TPSA) is 38.8 Å². The van der Waals surface area contributed by atoms with Crippen molar-refractivity contribution in [1.82, 2.24) is 4.90 Å². The number of hydrogen-bond acceptors (Lipinski definition) is 5. The van der Waals surface area contributed by atoms with Crippen molar-refractivity contribution in [3.8, 4) is 11.5 Å². The van der Waals surface area contributed by atoms with Gasteiger partial charge in [0.1, 0.15) is 10.9 Å². The highest BCUT2D eigenvalue weighted by molar-refractivity contribution is 8.26. The molecular weight excluding hydrogens is 402 g/mol. The maximum absolute atomic E-state index is 12.5. The van der Waals surface area contributed by atoms with Crippen molar-refractivity contribution in [2.24, 2.45) is 0 Å². The van der Waals surface area contributed by atoms with Gasteiger partial charge in [0.15, 0.2) is 11.5 Å². The van der Waals surface area contributed by atoms with Crippen LogP contribution in [0.15, 0.2) is 60.0 Å². The second kappa shape index (κ2) is 9.76. The Labute approximate surface area is 181 Å². The number of hydrogen-bond donors (Lipinski definition) is 0.